The molecule has 0 saturated carbocycles. The van der Waals surface area contributed by atoms with E-state index in [9.17, 15) is 0 Å². The summed E-state index contributed by atoms with van der Waals surface area (Å²) in [6.07, 6.45) is 3.43. The van der Waals surface area contributed by atoms with Gasteiger partial charge in [-0.2, -0.15) is 0 Å². The Kier molecular flexibility index (Phi) is 2.81. The predicted octanol–water partition coefficient (Wildman–Crippen LogP) is 1.92. The van der Waals surface area contributed by atoms with Gasteiger partial charge in [0.05, 0.1) is 0 Å². The first-order valence-electron chi connectivity index (χ1n) is 5.44. The third-order valence-corrected chi connectivity index (χ3v) is 2.63. The molecule has 1 heterocycles. The molecule has 0 bridgehead atoms. The van der Waals surface area contributed by atoms with Crippen LogP contribution in [-0.4, -0.2) is 9.97 Å². The lowest BCUT2D eigenvalue weighted by atomic mass is 9.94. The Bertz CT molecular complexity index is 494. The summed E-state index contributed by atoms with van der Waals surface area (Å²) >= 11 is 0. The van der Waals surface area contributed by atoms with Gasteiger partial charge in [-0.25, -0.2) is 9.97 Å². The van der Waals surface area contributed by atoms with Crippen molar-refractivity contribution in [3.63, 3.8) is 0 Å². The molecule has 0 spiro atoms. The Morgan fingerprint density at radius 3 is 1.94 bits per heavy atom. The van der Waals surface area contributed by atoms with Gasteiger partial charge in [-0.05, 0) is 25.0 Å². The van der Waals surface area contributed by atoms with E-state index in [1.54, 1.807) is 12.4 Å². The zero-order valence-corrected chi connectivity index (χ0v) is 10.0. The van der Waals surface area contributed by atoms with Gasteiger partial charge in [0.25, 0.3) is 0 Å². The molecule has 0 fully saturated rings. The molecule has 17 heavy (non-hydrogen) atoms. The minimum absolute atomic E-state index is 0.286. The Balaban J connectivity index is 2.33. The summed E-state index contributed by atoms with van der Waals surface area (Å²) in [5.74, 6) is 0.286. The van der Waals surface area contributed by atoms with Crippen LogP contribution in [0.2, 0.25) is 0 Å². The number of benzene rings is 1. The molecule has 0 radical (unpaired) electrons. The monoisotopic (exact) mass is 228 g/mol. The Morgan fingerprint density at radius 1 is 0.941 bits per heavy atom. The van der Waals surface area contributed by atoms with Crippen molar-refractivity contribution in [2.45, 2.75) is 19.4 Å². The van der Waals surface area contributed by atoms with Crippen molar-refractivity contribution in [3.8, 4) is 11.1 Å². The second-order valence-corrected chi connectivity index (χ2v) is 4.63. The van der Waals surface area contributed by atoms with Gasteiger partial charge in [0.15, 0.2) is 0 Å². The van der Waals surface area contributed by atoms with Crippen molar-refractivity contribution in [2.24, 2.45) is 5.73 Å². The molecule has 0 atom stereocenters. The molecule has 0 saturated heterocycles. The molecule has 0 aliphatic heterocycles. The van der Waals surface area contributed by atoms with Crippen LogP contribution in [0, 0.1) is 0 Å². The summed E-state index contributed by atoms with van der Waals surface area (Å²) in [5, 5.41) is 0. The summed E-state index contributed by atoms with van der Waals surface area (Å²) in [7, 11) is 0. The molecule has 1 aromatic heterocycles. The average molecular weight is 228 g/mol. The first kappa shape index (κ1) is 11.5. The number of rotatable bonds is 2. The van der Waals surface area contributed by atoms with Crippen LogP contribution < -0.4 is 11.5 Å². The third-order valence-electron chi connectivity index (χ3n) is 2.63. The van der Waals surface area contributed by atoms with E-state index in [0.29, 0.717) is 0 Å². The van der Waals surface area contributed by atoms with Gasteiger partial charge in [-0.1, -0.05) is 24.3 Å². The zero-order chi connectivity index (χ0) is 12.5. The highest BCUT2D eigenvalue weighted by Gasteiger charge is 2.13. The van der Waals surface area contributed by atoms with Gasteiger partial charge >= 0.3 is 0 Å². The Morgan fingerprint density at radius 2 is 1.47 bits per heavy atom. The van der Waals surface area contributed by atoms with Crippen molar-refractivity contribution < 1.29 is 0 Å². The van der Waals surface area contributed by atoms with Crippen molar-refractivity contribution in [2.75, 3.05) is 5.73 Å². The molecule has 4 heteroatoms. The maximum atomic E-state index is 6.02. The molecular formula is C13H16N4. The first-order chi connectivity index (χ1) is 7.97. The lowest BCUT2D eigenvalue weighted by molar-refractivity contribution is 0.554. The van der Waals surface area contributed by atoms with Gasteiger partial charge in [-0.15, -0.1) is 0 Å². The topological polar surface area (TPSA) is 77.8 Å². The molecule has 88 valence electrons. The highest BCUT2D eigenvalue weighted by atomic mass is 15.0. The molecule has 0 amide bonds. The number of nitrogens with zero attached hydrogens (tertiary/aromatic N) is 2. The number of nitrogen functional groups attached to an aromatic ring is 1. The molecule has 2 aromatic rings. The fraction of sp³-hybridized carbons (Fsp3) is 0.231. The Hall–Kier alpha value is -1.94. The van der Waals surface area contributed by atoms with Crippen LogP contribution in [0.4, 0.5) is 5.95 Å². The lowest BCUT2D eigenvalue weighted by Crippen LogP contribution is -2.28. The quantitative estimate of drug-likeness (QED) is 0.823. The molecular weight excluding hydrogens is 212 g/mol. The average Bonchev–Trinajstić information content (AvgIpc) is 2.29. The molecule has 0 aliphatic carbocycles. The van der Waals surface area contributed by atoms with Crippen LogP contribution in [0.25, 0.3) is 11.1 Å². The minimum Gasteiger partial charge on any atom is -0.368 e. The Labute approximate surface area is 101 Å². The molecule has 0 unspecified atom stereocenters. The van der Waals surface area contributed by atoms with Gasteiger partial charge in [-0.3, -0.25) is 0 Å². The fourth-order valence-corrected chi connectivity index (χ4v) is 1.58. The summed E-state index contributed by atoms with van der Waals surface area (Å²) in [5.41, 5.74) is 14.2. The van der Waals surface area contributed by atoms with E-state index in [1.165, 1.54) is 0 Å². The number of hydrogen-bond donors (Lipinski definition) is 2. The molecule has 4 nitrogen and oxygen atoms in total. The highest BCUT2D eigenvalue weighted by Crippen LogP contribution is 2.22. The fourth-order valence-electron chi connectivity index (χ4n) is 1.58. The van der Waals surface area contributed by atoms with E-state index in [4.69, 9.17) is 11.5 Å². The summed E-state index contributed by atoms with van der Waals surface area (Å²) < 4.78 is 0. The number of anilines is 1. The summed E-state index contributed by atoms with van der Waals surface area (Å²) in [6.45, 7) is 3.96. The van der Waals surface area contributed by atoms with Gasteiger partial charge in [0.2, 0.25) is 5.95 Å². The van der Waals surface area contributed by atoms with E-state index >= 15 is 0 Å². The largest absolute Gasteiger partial charge is 0.368 e. The number of aromatic nitrogens is 2. The maximum Gasteiger partial charge on any atom is 0.219 e. The SMILES string of the molecule is CC(C)(N)c1ccc(-c2cnc(N)nc2)cc1. The molecule has 2 rings (SSSR count). The van der Waals surface area contributed by atoms with Crippen LogP contribution in [0.5, 0.6) is 0 Å². The van der Waals surface area contributed by atoms with E-state index in [1.807, 2.05) is 38.1 Å². The van der Waals surface area contributed by atoms with Crippen molar-refractivity contribution in [1.82, 2.24) is 9.97 Å². The first-order valence-corrected chi connectivity index (χ1v) is 5.44. The summed E-state index contributed by atoms with van der Waals surface area (Å²) in [4.78, 5) is 7.94. The van der Waals surface area contributed by atoms with Gasteiger partial charge in [0, 0.05) is 23.5 Å². The molecule has 1 aromatic carbocycles. The summed E-state index contributed by atoms with van der Waals surface area (Å²) in [6, 6.07) is 8.06. The molecule has 4 N–H and O–H groups in total. The smallest absolute Gasteiger partial charge is 0.219 e. The van der Waals surface area contributed by atoms with E-state index < -0.39 is 0 Å². The standard InChI is InChI=1S/C13H16N4/c1-13(2,15)11-5-3-9(4-6-11)10-7-16-12(14)17-8-10/h3-8H,15H2,1-2H3,(H2,14,16,17). The van der Waals surface area contributed by atoms with Crippen LogP contribution in [-0.2, 0) is 5.54 Å². The number of hydrogen-bond acceptors (Lipinski definition) is 4. The van der Waals surface area contributed by atoms with Gasteiger partial charge in [0.1, 0.15) is 0 Å². The van der Waals surface area contributed by atoms with E-state index in [-0.39, 0.29) is 11.5 Å². The van der Waals surface area contributed by atoms with E-state index in [2.05, 4.69) is 9.97 Å². The second-order valence-electron chi connectivity index (χ2n) is 4.63. The van der Waals surface area contributed by atoms with Crippen molar-refractivity contribution in [3.05, 3.63) is 42.2 Å². The van der Waals surface area contributed by atoms with Crippen LogP contribution in [0.3, 0.4) is 0 Å². The normalized spacial score (nSPS) is 11.5. The predicted molar refractivity (Wildman–Crippen MR) is 69.1 cm³/mol. The number of nitrogens with two attached hydrogens (primary N) is 2. The zero-order valence-electron chi connectivity index (χ0n) is 10.0. The molecule has 0 aliphatic rings. The van der Waals surface area contributed by atoms with Crippen LogP contribution >= 0.6 is 0 Å². The van der Waals surface area contributed by atoms with Crippen LogP contribution in [0.15, 0.2) is 36.7 Å². The van der Waals surface area contributed by atoms with Crippen molar-refractivity contribution in [1.29, 1.82) is 0 Å². The minimum atomic E-state index is -0.323. The van der Waals surface area contributed by atoms with E-state index in [0.717, 1.165) is 16.7 Å². The second kappa shape index (κ2) is 4.14. The lowest BCUT2D eigenvalue weighted by Gasteiger charge is -2.19. The van der Waals surface area contributed by atoms with Crippen LogP contribution in [0.1, 0.15) is 19.4 Å². The third kappa shape index (κ3) is 2.60. The highest BCUT2D eigenvalue weighted by molar-refractivity contribution is 5.62. The van der Waals surface area contributed by atoms with Gasteiger partial charge < -0.3 is 11.5 Å². The maximum absolute atomic E-state index is 6.02. The van der Waals surface area contributed by atoms with Crippen molar-refractivity contribution >= 4 is 5.95 Å².